The van der Waals surface area contributed by atoms with Crippen LogP contribution in [0.1, 0.15) is 123 Å². The minimum Gasteiger partial charge on any atom is -0.287 e. The molecule has 0 amide bonds. The summed E-state index contributed by atoms with van der Waals surface area (Å²) in [5.41, 5.74) is 0. The van der Waals surface area contributed by atoms with E-state index in [1.165, 1.54) is 108 Å². The van der Waals surface area contributed by atoms with Gasteiger partial charge in [-0.3, -0.25) is 4.79 Å². The van der Waals surface area contributed by atoms with Crippen molar-refractivity contribution in [3.8, 4) is 0 Å². The Kier molecular flexibility index (Phi) is 20.1. The number of hydrogen-bond acceptors (Lipinski definition) is 2. The molecule has 0 aromatic heterocycles. The van der Waals surface area contributed by atoms with Gasteiger partial charge in [-0.25, -0.2) is 0 Å². The highest BCUT2D eigenvalue weighted by Gasteiger charge is 2.00. The third-order valence-electron chi connectivity index (χ3n) is 4.54. The quantitative estimate of drug-likeness (QED) is 0.235. The van der Waals surface area contributed by atoms with Crippen molar-refractivity contribution in [2.24, 2.45) is 0 Å². The molecule has 0 rings (SSSR count). The Morgan fingerprint density at radius 3 is 1.26 bits per heavy atom. The van der Waals surface area contributed by atoms with E-state index in [1.807, 2.05) is 0 Å². The zero-order valence-electron chi connectivity index (χ0n) is 16.0. The van der Waals surface area contributed by atoms with Crippen molar-refractivity contribution < 1.29 is 4.79 Å². The molecule has 0 heterocycles. The second-order valence-electron chi connectivity index (χ2n) is 6.86. The molecule has 0 aliphatic rings. The summed E-state index contributed by atoms with van der Waals surface area (Å²) in [7, 11) is 0. The second kappa shape index (κ2) is 20.1. The Balaban J connectivity index is 3.01. The molecule has 23 heavy (non-hydrogen) atoms. The summed E-state index contributed by atoms with van der Waals surface area (Å²) < 4.78 is 0. The Bertz CT molecular complexity index is 240. The maximum absolute atomic E-state index is 11.4. The largest absolute Gasteiger partial charge is 0.287 e. The topological polar surface area (TPSA) is 17.1 Å². The van der Waals surface area contributed by atoms with Crippen molar-refractivity contribution >= 4 is 16.9 Å². The Labute approximate surface area is 150 Å². The fourth-order valence-electron chi connectivity index (χ4n) is 3.05. The van der Waals surface area contributed by atoms with Crippen LogP contribution in [0.15, 0.2) is 0 Å². The summed E-state index contributed by atoms with van der Waals surface area (Å²) in [5, 5.41) is 0.387. The molecule has 0 saturated heterocycles. The average Bonchev–Trinajstić information content (AvgIpc) is 2.54. The lowest BCUT2D eigenvalue weighted by molar-refractivity contribution is -0.111. The number of rotatable bonds is 18. The van der Waals surface area contributed by atoms with E-state index in [2.05, 4.69) is 13.8 Å². The second-order valence-corrected chi connectivity index (χ2v) is 8.18. The van der Waals surface area contributed by atoms with Gasteiger partial charge in [0.2, 0.25) is 0 Å². The number of thioether (sulfide) groups is 1. The lowest BCUT2D eigenvalue weighted by atomic mass is 10.0. The predicted octanol–water partition coefficient (Wildman–Crippen LogP) is 7.92. The molecular formula is C21H42OS. The van der Waals surface area contributed by atoms with Crippen LogP contribution in [0, 0.1) is 0 Å². The molecule has 0 unspecified atom stereocenters. The molecular weight excluding hydrogens is 300 g/mol. The molecule has 138 valence electrons. The smallest absolute Gasteiger partial charge is 0.188 e. The van der Waals surface area contributed by atoms with Gasteiger partial charge >= 0.3 is 0 Å². The van der Waals surface area contributed by atoms with Gasteiger partial charge in [0.25, 0.3) is 0 Å². The Morgan fingerprint density at radius 1 is 0.565 bits per heavy atom. The fraction of sp³-hybridized carbons (Fsp3) is 0.952. The average molecular weight is 343 g/mol. The van der Waals surface area contributed by atoms with Crippen molar-refractivity contribution in [1.82, 2.24) is 0 Å². The molecule has 1 nitrogen and oxygen atoms in total. The van der Waals surface area contributed by atoms with Gasteiger partial charge in [0.15, 0.2) is 5.12 Å². The molecule has 2 heteroatoms. The lowest BCUT2D eigenvalue weighted by Gasteiger charge is -2.03. The minimum absolute atomic E-state index is 0.387. The van der Waals surface area contributed by atoms with Gasteiger partial charge in [0.05, 0.1) is 0 Å². The van der Waals surface area contributed by atoms with Crippen LogP contribution in [0.2, 0.25) is 0 Å². The molecule has 0 aromatic carbocycles. The highest BCUT2D eigenvalue weighted by Crippen LogP contribution is 2.15. The maximum Gasteiger partial charge on any atom is 0.188 e. The van der Waals surface area contributed by atoms with Crippen LogP contribution in [0.25, 0.3) is 0 Å². The summed E-state index contributed by atoms with van der Waals surface area (Å²) in [6.45, 7) is 4.34. The van der Waals surface area contributed by atoms with Crippen molar-refractivity contribution in [1.29, 1.82) is 0 Å². The molecule has 0 saturated carbocycles. The normalized spacial score (nSPS) is 11.0. The summed E-state index contributed by atoms with van der Waals surface area (Å²) in [5.74, 6) is 0.928. The maximum atomic E-state index is 11.4. The van der Waals surface area contributed by atoms with Crippen LogP contribution < -0.4 is 0 Å². The van der Waals surface area contributed by atoms with Crippen LogP contribution in [0.3, 0.4) is 0 Å². The molecule has 0 aliphatic heterocycles. The molecule has 0 bridgehead atoms. The standard InChI is InChI=1S/C21H42OS/c1-3-5-6-7-8-9-10-11-12-13-14-15-16-17-18-19-20-21(22)23-4-2/h3-20H2,1-2H3. The molecule has 0 atom stereocenters. The van der Waals surface area contributed by atoms with E-state index in [1.54, 1.807) is 0 Å². The van der Waals surface area contributed by atoms with Crippen LogP contribution in [-0.4, -0.2) is 10.9 Å². The minimum atomic E-state index is 0.387. The van der Waals surface area contributed by atoms with Gasteiger partial charge in [0.1, 0.15) is 0 Å². The Hall–Kier alpha value is 0.0200. The van der Waals surface area contributed by atoms with E-state index in [-0.39, 0.29) is 0 Å². The van der Waals surface area contributed by atoms with Gasteiger partial charge in [-0.2, -0.15) is 0 Å². The molecule has 0 spiro atoms. The molecule has 0 N–H and O–H groups in total. The first-order valence-corrected chi connectivity index (χ1v) is 11.5. The number of carbonyl (C=O) groups excluding carboxylic acids is 1. The van der Waals surface area contributed by atoms with Gasteiger partial charge < -0.3 is 0 Å². The van der Waals surface area contributed by atoms with Gasteiger partial charge in [0, 0.05) is 6.42 Å². The zero-order chi connectivity index (χ0) is 17.0. The third-order valence-corrected chi connectivity index (χ3v) is 5.35. The zero-order valence-corrected chi connectivity index (χ0v) is 16.9. The van der Waals surface area contributed by atoms with Crippen LogP contribution in [-0.2, 0) is 4.79 Å². The number of carbonyl (C=O) groups is 1. The molecule has 0 aromatic rings. The van der Waals surface area contributed by atoms with Crippen molar-refractivity contribution in [3.63, 3.8) is 0 Å². The van der Waals surface area contributed by atoms with E-state index in [9.17, 15) is 4.79 Å². The van der Waals surface area contributed by atoms with Crippen LogP contribution >= 0.6 is 11.8 Å². The van der Waals surface area contributed by atoms with Crippen LogP contribution in [0.5, 0.6) is 0 Å². The van der Waals surface area contributed by atoms with Crippen molar-refractivity contribution in [2.75, 3.05) is 5.75 Å². The number of unbranched alkanes of at least 4 members (excludes halogenated alkanes) is 15. The first-order valence-electron chi connectivity index (χ1n) is 10.5. The highest BCUT2D eigenvalue weighted by molar-refractivity contribution is 8.13. The van der Waals surface area contributed by atoms with E-state index < -0.39 is 0 Å². The third kappa shape index (κ3) is 20.0. The van der Waals surface area contributed by atoms with Gasteiger partial charge in [-0.1, -0.05) is 122 Å². The monoisotopic (exact) mass is 342 g/mol. The highest BCUT2D eigenvalue weighted by atomic mass is 32.2. The van der Waals surface area contributed by atoms with Crippen molar-refractivity contribution in [2.45, 2.75) is 123 Å². The summed E-state index contributed by atoms with van der Waals surface area (Å²) in [4.78, 5) is 11.4. The lowest BCUT2D eigenvalue weighted by Crippen LogP contribution is -1.92. The van der Waals surface area contributed by atoms with E-state index >= 15 is 0 Å². The van der Waals surface area contributed by atoms with E-state index in [4.69, 9.17) is 0 Å². The number of hydrogen-bond donors (Lipinski definition) is 0. The fourth-order valence-corrected chi connectivity index (χ4v) is 3.66. The summed E-state index contributed by atoms with van der Waals surface area (Å²) in [6.07, 6.45) is 23.0. The van der Waals surface area contributed by atoms with E-state index in [0.29, 0.717) is 5.12 Å². The Morgan fingerprint density at radius 2 is 0.913 bits per heavy atom. The first-order chi connectivity index (χ1) is 11.3. The molecule has 0 fully saturated rings. The summed E-state index contributed by atoms with van der Waals surface area (Å²) >= 11 is 1.48. The SMILES string of the molecule is CCCCCCCCCCCCCCCCCCC(=O)SCC. The van der Waals surface area contributed by atoms with Crippen molar-refractivity contribution in [3.05, 3.63) is 0 Å². The first kappa shape index (κ1) is 23.0. The van der Waals surface area contributed by atoms with Gasteiger partial charge in [-0.15, -0.1) is 0 Å². The van der Waals surface area contributed by atoms with Crippen LogP contribution in [0.4, 0.5) is 0 Å². The molecule has 0 radical (unpaired) electrons. The predicted molar refractivity (Wildman–Crippen MR) is 107 cm³/mol. The summed E-state index contributed by atoms with van der Waals surface area (Å²) in [6, 6.07) is 0. The van der Waals surface area contributed by atoms with E-state index in [0.717, 1.165) is 18.6 Å². The van der Waals surface area contributed by atoms with Gasteiger partial charge in [-0.05, 0) is 12.2 Å². The molecule has 0 aliphatic carbocycles.